The van der Waals surface area contributed by atoms with Crippen LogP contribution in [0.1, 0.15) is 105 Å². The third kappa shape index (κ3) is 5.46. The topological polar surface area (TPSA) is 97.3 Å². The van der Waals surface area contributed by atoms with E-state index < -0.39 is 6.09 Å². The minimum Gasteiger partial charge on any atom is -0.462 e. The third-order valence-electron chi connectivity index (χ3n) is 11.9. The summed E-state index contributed by atoms with van der Waals surface area (Å²) in [5, 5.41) is 7.69. The number of likely N-dealkylation sites (N-methyl/N-ethyl adjacent to an activating group) is 1. The zero-order valence-corrected chi connectivity index (χ0v) is 25.5. The fourth-order valence-corrected chi connectivity index (χ4v) is 9.84. The molecule has 8 nitrogen and oxygen atoms in total. The summed E-state index contributed by atoms with van der Waals surface area (Å²) < 4.78 is 5.32. The highest BCUT2D eigenvalue weighted by Crippen LogP contribution is 2.67. The number of ketones is 1. The molecule has 5 fully saturated rings. The standard InChI is InChI=1S/C32H51N3O5/c1-19(2)39-29(37)28-12-8-22(33-28)18-35(6)30(38)40-34-20(3)25-10-11-26-24-9-7-21-17-23(36)13-15-31(21,4)27(24)14-16-32(25,26)5/h19,21-22,24-28,33H,7-18H2,1-6H3/b34-20+/t21-,22?,24+,25-,26+,27+,28?,31+,32-/m1/s1. The molecule has 4 aliphatic carbocycles. The van der Waals surface area contributed by atoms with E-state index in [-0.39, 0.29) is 29.6 Å². The van der Waals surface area contributed by atoms with Crippen molar-refractivity contribution < 1.29 is 24.0 Å². The van der Waals surface area contributed by atoms with Crippen LogP contribution in [-0.2, 0) is 19.2 Å². The molecular formula is C32H51N3O5. The SMILES string of the molecule is C/C(=N\OC(=O)N(C)CC1CCC(C(=O)OC(C)C)N1)[C@H]1CC[C@H]2[C@@H]3CC[C@@H]4CC(=O)CC[C@]4(C)[C@H]3CC[C@]12C. The van der Waals surface area contributed by atoms with E-state index in [0.717, 1.165) is 49.7 Å². The lowest BCUT2D eigenvalue weighted by molar-refractivity contribution is -0.149. The summed E-state index contributed by atoms with van der Waals surface area (Å²) in [6.07, 6.45) is 10.8. The van der Waals surface area contributed by atoms with Crippen LogP contribution in [0.3, 0.4) is 0 Å². The van der Waals surface area contributed by atoms with Crippen molar-refractivity contribution in [1.82, 2.24) is 10.2 Å². The Morgan fingerprint density at radius 2 is 1.77 bits per heavy atom. The van der Waals surface area contributed by atoms with Crippen molar-refractivity contribution in [1.29, 1.82) is 0 Å². The molecule has 5 aliphatic rings. The average molecular weight is 558 g/mol. The smallest absolute Gasteiger partial charge is 0.435 e. The Kier molecular flexibility index (Phi) is 8.40. The van der Waals surface area contributed by atoms with Gasteiger partial charge in [0.25, 0.3) is 0 Å². The van der Waals surface area contributed by atoms with Crippen molar-refractivity contribution in [3.8, 4) is 0 Å². The molecular weight excluding hydrogens is 506 g/mol. The first kappa shape index (κ1) is 29.5. The lowest BCUT2D eigenvalue weighted by atomic mass is 9.44. The maximum atomic E-state index is 12.8. The minimum absolute atomic E-state index is 0.0243. The number of esters is 1. The van der Waals surface area contributed by atoms with Crippen molar-refractivity contribution in [2.24, 2.45) is 45.6 Å². The average Bonchev–Trinajstić information content (AvgIpc) is 3.51. The van der Waals surface area contributed by atoms with E-state index in [1.54, 1.807) is 11.9 Å². The van der Waals surface area contributed by atoms with Crippen molar-refractivity contribution in [3.05, 3.63) is 0 Å². The molecule has 0 bridgehead atoms. The van der Waals surface area contributed by atoms with Crippen molar-refractivity contribution in [2.45, 2.75) is 123 Å². The second kappa shape index (κ2) is 11.4. The molecule has 1 saturated heterocycles. The summed E-state index contributed by atoms with van der Waals surface area (Å²) >= 11 is 0. The quantitative estimate of drug-likeness (QED) is 0.194. The van der Waals surface area contributed by atoms with Gasteiger partial charge in [0.05, 0.1) is 11.8 Å². The largest absolute Gasteiger partial charge is 0.462 e. The number of hydrogen-bond acceptors (Lipinski definition) is 7. The molecule has 0 aromatic carbocycles. The van der Waals surface area contributed by atoms with E-state index in [0.29, 0.717) is 41.9 Å². The Balaban J connectivity index is 1.16. The van der Waals surface area contributed by atoms with E-state index >= 15 is 0 Å². The summed E-state index contributed by atoms with van der Waals surface area (Å²) in [5.74, 6) is 3.31. The van der Waals surface area contributed by atoms with Crippen LogP contribution in [0.4, 0.5) is 4.79 Å². The number of amides is 1. The van der Waals surface area contributed by atoms with Gasteiger partial charge in [0.15, 0.2) is 0 Å². The predicted octanol–water partition coefficient (Wildman–Crippen LogP) is 5.73. The van der Waals surface area contributed by atoms with Gasteiger partial charge in [-0.1, -0.05) is 19.0 Å². The van der Waals surface area contributed by atoms with Crippen LogP contribution in [0.5, 0.6) is 0 Å². The Bertz CT molecular complexity index is 1030. The Hall–Kier alpha value is -1.96. The molecule has 224 valence electrons. The maximum absolute atomic E-state index is 12.8. The first-order valence-corrected chi connectivity index (χ1v) is 15.9. The molecule has 0 spiro atoms. The van der Waals surface area contributed by atoms with Crippen LogP contribution in [-0.4, -0.2) is 60.2 Å². The van der Waals surface area contributed by atoms with E-state index in [2.05, 4.69) is 24.3 Å². The normalized spacial score (nSPS) is 41.2. The van der Waals surface area contributed by atoms with Gasteiger partial charge in [-0.05, 0) is 113 Å². The summed E-state index contributed by atoms with van der Waals surface area (Å²) in [6.45, 7) is 11.1. The highest BCUT2D eigenvalue weighted by molar-refractivity contribution is 5.86. The number of fused-ring (bicyclic) bond motifs is 5. The number of Topliss-reactive ketones (excluding diaryl/α,β-unsaturated/α-hetero) is 1. The zero-order valence-electron chi connectivity index (χ0n) is 25.5. The maximum Gasteiger partial charge on any atom is 0.435 e. The van der Waals surface area contributed by atoms with Gasteiger partial charge in [0.1, 0.15) is 11.8 Å². The lowest BCUT2D eigenvalue weighted by Gasteiger charge is -2.60. The van der Waals surface area contributed by atoms with Gasteiger partial charge in [-0.2, -0.15) is 0 Å². The van der Waals surface area contributed by atoms with Crippen LogP contribution in [0.25, 0.3) is 0 Å². The second-order valence-electron chi connectivity index (χ2n) is 14.5. The minimum atomic E-state index is -0.462. The van der Waals surface area contributed by atoms with Gasteiger partial charge in [-0.15, -0.1) is 0 Å². The lowest BCUT2D eigenvalue weighted by Crippen LogP contribution is -2.53. The number of carbonyl (C=O) groups is 3. The van der Waals surface area contributed by atoms with Gasteiger partial charge in [0.2, 0.25) is 0 Å². The first-order chi connectivity index (χ1) is 18.9. The van der Waals surface area contributed by atoms with Gasteiger partial charge >= 0.3 is 12.1 Å². The molecule has 8 heteroatoms. The van der Waals surface area contributed by atoms with E-state index in [4.69, 9.17) is 9.57 Å². The van der Waals surface area contributed by atoms with Crippen LogP contribution >= 0.6 is 0 Å². The zero-order chi connectivity index (χ0) is 28.8. The summed E-state index contributed by atoms with van der Waals surface area (Å²) in [6, 6.07) is -0.294. The Labute approximate surface area is 240 Å². The van der Waals surface area contributed by atoms with Crippen molar-refractivity contribution in [3.63, 3.8) is 0 Å². The monoisotopic (exact) mass is 557 g/mol. The Morgan fingerprint density at radius 3 is 2.52 bits per heavy atom. The van der Waals surface area contributed by atoms with Crippen LogP contribution in [0, 0.1) is 40.4 Å². The molecule has 0 aromatic heterocycles. The van der Waals surface area contributed by atoms with Gasteiger partial charge < -0.3 is 9.64 Å². The molecule has 1 heterocycles. The van der Waals surface area contributed by atoms with Crippen LogP contribution in [0.2, 0.25) is 0 Å². The molecule has 9 atom stereocenters. The van der Waals surface area contributed by atoms with Crippen LogP contribution < -0.4 is 5.32 Å². The van der Waals surface area contributed by atoms with Crippen molar-refractivity contribution >= 4 is 23.6 Å². The summed E-state index contributed by atoms with van der Waals surface area (Å²) in [4.78, 5) is 44.2. The fraction of sp³-hybridized carbons (Fsp3) is 0.875. The number of hydrogen-bond donors (Lipinski definition) is 1. The highest BCUT2D eigenvalue weighted by atomic mass is 16.7. The van der Waals surface area contributed by atoms with Crippen molar-refractivity contribution in [2.75, 3.05) is 13.6 Å². The van der Waals surface area contributed by atoms with E-state index in [9.17, 15) is 14.4 Å². The van der Waals surface area contributed by atoms with E-state index in [1.807, 2.05) is 20.8 Å². The molecule has 1 N–H and O–H groups in total. The summed E-state index contributed by atoms with van der Waals surface area (Å²) in [5.41, 5.74) is 1.44. The molecule has 0 radical (unpaired) electrons. The molecule has 0 aromatic rings. The summed E-state index contributed by atoms with van der Waals surface area (Å²) in [7, 11) is 1.72. The third-order valence-corrected chi connectivity index (χ3v) is 11.9. The predicted molar refractivity (Wildman–Crippen MR) is 154 cm³/mol. The van der Waals surface area contributed by atoms with Crippen LogP contribution in [0.15, 0.2) is 5.16 Å². The van der Waals surface area contributed by atoms with Gasteiger partial charge in [-0.3, -0.25) is 19.7 Å². The number of carbonyl (C=O) groups excluding carboxylic acids is 3. The molecule has 4 saturated carbocycles. The highest BCUT2D eigenvalue weighted by Gasteiger charge is 2.60. The molecule has 2 unspecified atom stereocenters. The number of nitrogens with one attached hydrogen (secondary N) is 1. The van der Waals surface area contributed by atoms with Gasteiger partial charge in [-0.25, -0.2) is 4.79 Å². The van der Waals surface area contributed by atoms with E-state index in [1.165, 1.54) is 32.1 Å². The number of oxime groups is 1. The Morgan fingerprint density at radius 1 is 1.02 bits per heavy atom. The van der Waals surface area contributed by atoms with Gasteiger partial charge in [0, 0.05) is 38.4 Å². The molecule has 1 aliphatic heterocycles. The second-order valence-corrected chi connectivity index (χ2v) is 14.5. The molecule has 5 rings (SSSR count). The molecule has 1 amide bonds. The number of nitrogens with zero attached hydrogens (tertiary/aromatic N) is 2. The fourth-order valence-electron chi connectivity index (χ4n) is 9.84. The number of rotatable bonds is 6. The first-order valence-electron chi connectivity index (χ1n) is 15.9. The number of ether oxygens (including phenoxy) is 1. The molecule has 40 heavy (non-hydrogen) atoms.